The molecule has 0 aliphatic rings. The zero-order valence-corrected chi connectivity index (χ0v) is 10.4. The molecule has 0 aliphatic heterocycles. The fourth-order valence-corrected chi connectivity index (χ4v) is 1.32. The molecule has 0 saturated carbocycles. The van der Waals surface area contributed by atoms with Crippen LogP contribution in [-0.2, 0) is 4.74 Å². The number of esters is 1. The van der Waals surface area contributed by atoms with Crippen molar-refractivity contribution in [2.24, 2.45) is 0 Å². The van der Waals surface area contributed by atoms with Crippen LogP contribution in [0, 0.1) is 0 Å². The predicted octanol–water partition coefficient (Wildman–Crippen LogP) is 2.00. The van der Waals surface area contributed by atoms with Gasteiger partial charge >= 0.3 is 5.97 Å². The average molecular weight is 235 g/mol. The molecule has 0 unspecified atom stereocenters. The number of aromatic nitrogens is 2. The molecular weight excluding hydrogens is 218 g/mol. The molecule has 5 nitrogen and oxygen atoms in total. The first kappa shape index (κ1) is 13.2. The second-order valence-electron chi connectivity index (χ2n) is 3.81. The van der Waals surface area contributed by atoms with Crippen LogP contribution in [0.2, 0.25) is 0 Å². The van der Waals surface area contributed by atoms with Crippen molar-refractivity contribution in [1.82, 2.24) is 9.97 Å². The lowest BCUT2D eigenvalue weighted by molar-refractivity contribution is 0.0518. The number of anilines is 1. The lowest BCUT2D eigenvalue weighted by Crippen LogP contribution is -2.15. The fourth-order valence-electron chi connectivity index (χ4n) is 1.32. The van der Waals surface area contributed by atoms with Crippen LogP contribution in [0.1, 0.15) is 48.6 Å². The maximum Gasteiger partial charge on any atom is 0.357 e. The Morgan fingerprint density at radius 3 is 2.65 bits per heavy atom. The van der Waals surface area contributed by atoms with E-state index in [1.165, 1.54) is 6.08 Å². The van der Waals surface area contributed by atoms with E-state index < -0.39 is 5.97 Å². The van der Waals surface area contributed by atoms with Crippen molar-refractivity contribution in [3.05, 3.63) is 23.7 Å². The maximum atomic E-state index is 11.7. The fraction of sp³-hybridized carbons (Fsp3) is 0.417. The maximum absolute atomic E-state index is 11.7. The second kappa shape index (κ2) is 5.43. The molecule has 1 aromatic heterocycles. The summed E-state index contributed by atoms with van der Waals surface area (Å²) in [6.45, 7) is 9.48. The minimum absolute atomic E-state index is 0.0874. The Kier molecular flexibility index (Phi) is 4.20. The number of hydrogen-bond acceptors (Lipinski definition) is 5. The van der Waals surface area contributed by atoms with Crippen LogP contribution < -0.4 is 5.73 Å². The zero-order valence-electron chi connectivity index (χ0n) is 10.4. The molecule has 0 fully saturated rings. The van der Waals surface area contributed by atoms with E-state index in [4.69, 9.17) is 10.5 Å². The lowest BCUT2D eigenvalue weighted by atomic mass is 10.1. The summed E-state index contributed by atoms with van der Waals surface area (Å²) in [6.07, 6.45) is 1.46. The van der Waals surface area contributed by atoms with Crippen molar-refractivity contribution in [3.63, 3.8) is 0 Å². The highest BCUT2D eigenvalue weighted by Gasteiger charge is 2.18. The van der Waals surface area contributed by atoms with Crippen molar-refractivity contribution in [3.8, 4) is 0 Å². The molecule has 0 atom stereocenters. The Bertz CT molecular complexity index is 442. The van der Waals surface area contributed by atoms with Crippen LogP contribution in [0.3, 0.4) is 0 Å². The lowest BCUT2D eigenvalue weighted by Gasteiger charge is -2.11. The molecule has 0 spiro atoms. The Morgan fingerprint density at radius 1 is 1.53 bits per heavy atom. The molecule has 0 amide bonds. The third-order valence-electron chi connectivity index (χ3n) is 2.18. The molecule has 17 heavy (non-hydrogen) atoms. The van der Waals surface area contributed by atoms with E-state index in [9.17, 15) is 4.79 Å². The molecule has 0 radical (unpaired) electrons. The van der Waals surface area contributed by atoms with Crippen LogP contribution in [0.5, 0.6) is 0 Å². The second-order valence-corrected chi connectivity index (χ2v) is 3.81. The van der Waals surface area contributed by atoms with E-state index in [-0.39, 0.29) is 24.0 Å². The number of nitrogens with two attached hydrogens (primary N) is 1. The average Bonchev–Trinajstić information content (AvgIpc) is 2.28. The van der Waals surface area contributed by atoms with Gasteiger partial charge in [-0.1, -0.05) is 26.5 Å². The Hall–Kier alpha value is -1.91. The monoisotopic (exact) mass is 235 g/mol. The summed E-state index contributed by atoms with van der Waals surface area (Å²) in [5.74, 6) is 0.362. The highest BCUT2D eigenvalue weighted by atomic mass is 16.5. The Labute approximate surface area is 101 Å². The van der Waals surface area contributed by atoms with E-state index in [2.05, 4.69) is 16.5 Å². The third-order valence-corrected chi connectivity index (χ3v) is 2.18. The van der Waals surface area contributed by atoms with Gasteiger partial charge in [-0.15, -0.1) is 0 Å². The van der Waals surface area contributed by atoms with Crippen LogP contribution in [0.25, 0.3) is 6.08 Å². The molecule has 1 heterocycles. The van der Waals surface area contributed by atoms with Gasteiger partial charge in [0.15, 0.2) is 5.69 Å². The summed E-state index contributed by atoms with van der Waals surface area (Å²) < 4.78 is 4.93. The topological polar surface area (TPSA) is 78.1 Å². The molecule has 0 bridgehead atoms. The molecular formula is C12H17N3O2. The van der Waals surface area contributed by atoms with Gasteiger partial charge in [-0.05, 0) is 6.92 Å². The number of hydrogen-bond donors (Lipinski definition) is 1. The van der Waals surface area contributed by atoms with Gasteiger partial charge in [0.05, 0.1) is 6.61 Å². The first-order chi connectivity index (χ1) is 8.01. The van der Waals surface area contributed by atoms with E-state index in [0.29, 0.717) is 11.4 Å². The van der Waals surface area contributed by atoms with Crippen LogP contribution in [0.15, 0.2) is 6.58 Å². The van der Waals surface area contributed by atoms with Crippen molar-refractivity contribution in [2.75, 3.05) is 12.3 Å². The summed E-state index contributed by atoms with van der Waals surface area (Å²) >= 11 is 0. The molecule has 92 valence electrons. The van der Waals surface area contributed by atoms with Gasteiger partial charge in [-0.25, -0.2) is 14.8 Å². The van der Waals surface area contributed by atoms with Gasteiger partial charge in [-0.2, -0.15) is 0 Å². The number of carbonyl (C=O) groups excluding carboxylic acids is 1. The SMILES string of the molecule is C=Cc1c(N)nc(C(C)C)nc1C(=O)OCC. The Balaban J connectivity index is 3.33. The van der Waals surface area contributed by atoms with Gasteiger partial charge in [0.2, 0.25) is 0 Å². The van der Waals surface area contributed by atoms with Crippen molar-refractivity contribution >= 4 is 17.9 Å². The highest BCUT2D eigenvalue weighted by Crippen LogP contribution is 2.19. The minimum Gasteiger partial charge on any atom is -0.461 e. The summed E-state index contributed by atoms with van der Waals surface area (Å²) in [5.41, 5.74) is 6.38. The number of nitrogens with zero attached hydrogens (tertiary/aromatic N) is 2. The first-order valence-corrected chi connectivity index (χ1v) is 5.48. The molecule has 1 aromatic rings. The molecule has 0 aromatic carbocycles. The summed E-state index contributed by atoms with van der Waals surface area (Å²) in [4.78, 5) is 20.1. The van der Waals surface area contributed by atoms with Gasteiger partial charge in [0.1, 0.15) is 11.6 Å². The van der Waals surface area contributed by atoms with Crippen molar-refractivity contribution in [2.45, 2.75) is 26.7 Å². The normalized spacial score (nSPS) is 10.4. The van der Waals surface area contributed by atoms with Gasteiger partial charge in [-0.3, -0.25) is 0 Å². The highest BCUT2D eigenvalue weighted by molar-refractivity contribution is 5.93. The molecule has 0 aliphatic carbocycles. The number of ether oxygens (including phenoxy) is 1. The smallest absolute Gasteiger partial charge is 0.357 e. The summed E-state index contributed by atoms with van der Waals surface area (Å²) in [5, 5.41) is 0. The quantitative estimate of drug-likeness (QED) is 0.807. The largest absolute Gasteiger partial charge is 0.461 e. The van der Waals surface area contributed by atoms with Crippen LogP contribution >= 0.6 is 0 Å². The Morgan fingerprint density at radius 2 is 2.18 bits per heavy atom. The van der Waals surface area contributed by atoms with Gasteiger partial charge < -0.3 is 10.5 Å². The summed E-state index contributed by atoms with van der Waals surface area (Å²) in [6, 6.07) is 0. The molecule has 5 heteroatoms. The number of carbonyl (C=O) groups is 1. The standard InChI is InChI=1S/C12H17N3O2/c1-5-8-9(12(16)17-6-2)14-11(7(3)4)15-10(8)13/h5,7H,1,6H2,2-4H3,(H2,13,14,15). The molecule has 0 saturated heterocycles. The van der Waals surface area contributed by atoms with Crippen molar-refractivity contribution in [1.29, 1.82) is 0 Å². The van der Waals surface area contributed by atoms with Crippen LogP contribution in [0.4, 0.5) is 5.82 Å². The zero-order chi connectivity index (χ0) is 13.0. The van der Waals surface area contributed by atoms with Gasteiger partial charge in [0.25, 0.3) is 0 Å². The number of rotatable bonds is 4. The van der Waals surface area contributed by atoms with E-state index in [0.717, 1.165) is 0 Å². The van der Waals surface area contributed by atoms with E-state index in [1.807, 2.05) is 13.8 Å². The van der Waals surface area contributed by atoms with E-state index in [1.54, 1.807) is 6.92 Å². The van der Waals surface area contributed by atoms with Crippen LogP contribution in [-0.4, -0.2) is 22.5 Å². The minimum atomic E-state index is -0.501. The predicted molar refractivity (Wildman–Crippen MR) is 66.6 cm³/mol. The van der Waals surface area contributed by atoms with Crippen molar-refractivity contribution < 1.29 is 9.53 Å². The molecule has 2 N–H and O–H groups in total. The third kappa shape index (κ3) is 2.81. The van der Waals surface area contributed by atoms with Gasteiger partial charge in [0, 0.05) is 11.5 Å². The van der Waals surface area contributed by atoms with E-state index >= 15 is 0 Å². The molecule has 1 rings (SSSR count). The number of nitrogen functional groups attached to an aromatic ring is 1. The first-order valence-electron chi connectivity index (χ1n) is 5.48. The summed E-state index contributed by atoms with van der Waals surface area (Å²) in [7, 11) is 0.